The van der Waals surface area contributed by atoms with E-state index >= 15 is 0 Å². The summed E-state index contributed by atoms with van der Waals surface area (Å²) in [5, 5.41) is 0. The van der Waals surface area contributed by atoms with Crippen LogP contribution in [0.1, 0.15) is 12.6 Å². The molecule has 0 aliphatic rings. The van der Waals surface area contributed by atoms with E-state index in [9.17, 15) is 4.79 Å². The maximum atomic E-state index is 11.8. The number of halogens is 2. The Bertz CT molecular complexity index is 536. The van der Waals surface area contributed by atoms with Gasteiger partial charge in [-0.25, -0.2) is 4.98 Å². The molecule has 0 radical (unpaired) electrons. The van der Waals surface area contributed by atoms with Crippen LogP contribution in [0.5, 0.6) is 0 Å². The summed E-state index contributed by atoms with van der Waals surface area (Å²) < 4.78 is 2.09. The molecule has 0 spiro atoms. The first kappa shape index (κ1) is 12.4. The highest BCUT2D eigenvalue weighted by Gasteiger charge is 2.07. The molecule has 2 rings (SSSR count). The van der Waals surface area contributed by atoms with Crippen LogP contribution in [0.4, 0.5) is 0 Å². The van der Waals surface area contributed by atoms with E-state index in [1.54, 1.807) is 6.20 Å². The van der Waals surface area contributed by atoms with Gasteiger partial charge in [-0.2, -0.15) is 0 Å². The van der Waals surface area contributed by atoms with E-state index in [2.05, 4.69) is 20.9 Å². The van der Waals surface area contributed by atoms with E-state index in [4.69, 9.17) is 0 Å². The van der Waals surface area contributed by atoms with Gasteiger partial charge in [0, 0.05) is 6.20 Å². The fourth-order valence-corrected chi connectivity index (χ4v) is 1.91. The molecule has 0 aromatic carbocycles. The monoisotopic (exact) mass is 332 g/mol. The first-order chi connectivity index (χ1) is 6.74. The number of aryl methyl sites for hydroxylation is 1. The molecule has 5 heteroatoms. The van der Waals surface area contributed by atoms with Gasteiger partial charge in [-0.3, -0.25) is 9.20 Å². The van der Waals surface area contributed by atoms with Crippen molar-refractivity contribution >= 4 is 38.6 Å². The largest absolute Gasteiger partial charge is 0.272 e. The average Bonchev–Trinajstić information content (AvgIpc) is 2.23. The molecular formula is C10H10Br2N2O. The van der Waals surface area contributed by atoms with Crippen molar-refractivity contribution in [3.05, 3.63) is 44.9 Å². The van der Waals surface area contributed by atoms with E-state index < -0.39 is 0 Å². The molecule has 0 atom stereocenters. The molecule has 15 heavy (non-hydrogen) atoms. The lowest BCUT2D eigenvalue weighted by Crippen LogP contribution is -2.17. The Kier molecular flexibility index (Phi) is 4.04. The van der Waals surface area contributed by atoms with Gasteiger partial charge < -0.3 is 0 Å². The predicted molar refractivity (Wildman–Crippen MR) is 68.9 cm³/mol. The van der Waals surface area contributed by atoms with Crippen LogP contribution in [-0.2, 0) is 6.42 Å². The summed E-state index contributed by atoms with van der Waals surface area (Å²) >= 11 is 3.27. The Morgan fingerprint density at radius 3 is 2.87 bits per heavy atom. The summed E-state index contributed by atoms with van der Waals surface area (Å²) in [5.41, 5.74) is 1.45. The van der Waals surface area contributed by atoms with Crippen molar-refractivity contribution in [3.63, 3.8) is 0 Å². The highest BCUT2D eigenvalue weighted by Crippen LogP contribution is 2.11. The minimum atomic E-state index is -0.0487. The molecule has 0 saturated heterocycles. The van der Waals surface area contributed by atoms with Gasteiger partial charge in [0.2, 0.25) is 0 Å². The van der Waals surface area contributed by atoms with Crippen molar-refractivity contribution in [2.75, 3.05) is 0 Å². The lowest BCUT2D eigenvalue weighted by molar-refractivity contribution is 0.949. The zero-order valence-electron chi connectivity index (χ0n) is 8.11. The summed E-state index contributed by atoms with van der Waals surface area (Å²) in [5.74, 6) is 0. The van der Waals surface area contributed by atoms with Gasteiger partial charge in [0.05, 0.1) is 5.69 Å². The molecule has 80 valence electrons. The Morgan fingerprint density at radius 1 is 1.47 bits per heavy atom. The predicted octanol–water partition coefficient (Wildman–Crippen LogP) is 2.60. The molecule has 0 amide bonds. The second-order valence-corrected chi connectivity index (χ2v) is 3.75. The molecule has 0 aliphatic carbocycles. The molecule has 2 aromatic rings. The third-order valence-corrected chi connectivity index (χ3v) is 2.88. The Balaban J connectivity index is 0.00000112. The molecule has 0 unspecified atom stereocenters. The van der Waals surface area contributed by atoms with Crippen LogP contribution in [0.2, 0.25) is 0 Å². The van der Waals surface area contributed by atoms with E-state index in [0.29, 0.717) is 10.1 Å². The molecule has 0 N–H and O–H groups in total. The summed E-state index contributed by atoms with van der Waals surface area (Å²) in [4.78, 5) is 16.2. The van der Waals surface area contributed by atoms with Crippen molar-refractivity contribution in [2.24, 2.45) is 0 Å². The van der Waals surface area contributed by atoms with Crippen molar-refractivity contribution in [1.82, 2.24) is 9.38 Å². The topological polar surface area (TPSA) is 34.4 Å². The summed E-state index contributed by atoms with van der Waals surface area (Å²) in [6.45, 7) is 1.98. The first-order valence-electron chi connectivity index (χ1n) is 4.40. The van der Waals surface area contributed by atoms with E-state index in [1.165, 1.54) is 4.40 Å². The second kappa shape index (κ2) is 4.90. The molecule has 0 saturated carbocycles. The van der Waals surface area contributed by atoms with Crippen molar-refractivity contribution < 1.29 is 0 Å². The standard InChI is InChI=1S/C10H9BrN2O.BrH/c1-2-7-9(11)10(14)13-6-4-3-5-8(13)12-7;/h3-6H,2H2,1H3;1H. The maximum Gasteiger partial charge on any atom is 0.272 e. The number of nitrogens with zero attached hydrogens (tertiary/aromatic N) is 2. The first-order valence-corrected chi connectivity index (χ1v) is 5.19. The van der Waals surface area contributed by atoms with Crippen LogP contribution >= 0.6 is 32.9 Å². The second-order valence-electron chi connectivity index (χ2n) is 2.96. The third-order valence-electron chi connectivity index (χ3n) is 2.08. The molecular weight excluding hydrogens is 324 g/mol. The van der Waals surface area contributed by atoms with Gasteiger partial charge in [0.25, 0.3) is 5.56 Å². The van der Waals surface area contributed by atoms with Crippen LogP contribution in [0.15, 0.2) is 33.7 Å². The molecule has 0 aliphatic heterocycles. The highest BCUT2D eigenvalue weighted by atomic mass is 79.9. The SMILES string of the molecule is Br.CCc1nc2ccccn2c(=O)c1Br. The van der Waals surface area contributed by atoms with Gasteiger partial charge in [0.1, 0.15) is 10.1 Å². The quantitative estimate of drug-likeness (QED) is 0.804. The highest BCUT2D eigenvalue weighted by molar-refractivity contribution is 9.10. The summed E-state index contributed by atoms with van der Waals surface area (Å²) in [6.07, 6.45) is 2.47. The molecule has 0 fully saturated rings. The zero-order chi connectivity index (χ0) is 10.1. The van der Waals surface area contributed by atoms with Crippen LogP contribution in [0.25, 0.3) is 5.65 Å². The minimum absolute atomic E-state index is 0. The lowest BCUT2D eigenvalue weighted by atomic mass is 10.3. The number of hydrogen-bond donors (Lipinski definition) is 0. The van der Waals surface area contributed by atoms with E-state index in [0.717, 1.165) is 12.1 Å². The van der Waals surface area contributed by atoms with Gasteiger partial charge in [-0.1, -0.05) is 13.0 Å². The van der Waals surface area contributed by atoms with E-state index in [1.807, 2.05) is 25.1 Å². The van der Waals surface area contributed by atoms with E-state index in [-0.39, 0.29) is 22.5 Å². The van der Waals surface area contributed by atoms with Gasteiger partial charge in [0.15, 0.2) is 0 Å². The number of pyridine rings is 1. The number of hydrogen-bond acceptors (Lipinski definition) is 2. The zero-order valence-corrected chi connectivity index (χ0v) is 11.4. The van der Waals surface area contributed by atoms with Crippen LogP contribution < -0.4 is 5.56 Å². The average molecular weight is 334 g/mol. The Morgan fingerprint density at radius 2 is 2.20 bits per heavy atom. The summed E-state index contributed by atoms with van der Waals surface area (Å²) in [7, 11) is 0. The Labute approximate surface area is 106 Å². The fraction of sp³-hybridized carbons (Fsp3) is 0.200. The third kappa shape index (κ3) is 2.13. The van der Waals surface area contributed by atoms with Crippen LogP contribution in [0.3, 0.4) is 0 Å². The van der Waals surface area contributed by atoms with Gasteiger partial charge in [-0.15, -0.1) is 17.0 Å². The van der Waals surface area contributed by atoms with Crippen molar-refractivity contribution in [1.29, 1.82) is 0 Å². The van der Waals surface area contributed by atoms with Crippen molar-refractivity contribution in [2.45, 2.75) is 13.3 Å². The smallest absolute Gasteiger partial charge is 0.268 e. The van der Waals surface area contributed by atoms with Crippen molar-refractivity contribution in [3.8, 4) is 0 Å². The fourth-order valence-electron chi connectivity index (χ4n) is 1.35. The maximum absolute atomic E-state index is 11.8. The van der Waals surface area contributed by atoms with Gasteiger partial charge in [-0.05, 0) is 34.5 Å². The Hall–Kier alpha value is -0.680. The number of rotatable bonds is 1. The lowest BCUT2D eigenvalue weighted by Gasteiger charge is -2.03. The molecule has 0 bridgehead atoms. The molecule has 3 nitrogen and oxygen atoms in total. The number of fused-ring (bicyclic) bond motifs is 1. The van der Waals surface area contributed by atoms with Crippen LogP contribution in [-0.4, -0.2) is 9.38 Å². The molecule has 2 aromatic heterocycles. The number of aromatic nitrogens is 2. The van der Waals surface area contributed by atoms with Gasteiger partial charge >= 0.3 is 0 Å². The van der Waals surface area contributed by atoms with Crippen LogP contribution in [0, 0.1) is 0 Å². The molecule has 2 heterocycles. The summed E-state index contributed by atoms with van der Waals surface area (Å²) in [6, 6.07) is 5.51. The normalized spacial score (nSPS) is 10.0. The minimum Gasteiger partial charge on any atom is -0.268 e.